The summed E-state index contributed by atoms with van der Waals surface area (Å²) >= 11 is 0. The molecular weight excluding hydrogens is 132 g/mol. The largest absolute Gasteiger partial charge is 0.397 e. The molecule has 1 unspecified atom stereocenters. The van der Waals surface area contributed by atoms with Crippen molar-refractivity contribution in [1.29, 1.82) is 0 Å². The lowest BCUT2D eigenvalue weighted by Gasteiger charge is -2.03. The highest BCUT2D eigenvalue weighted by Crippen LogP contribution is 1.93. The molecule has 1 atom stereocenters. The highest BCUT2D eigenvalue weighted by molar-refractivity contribution is 4.34. The van der Waals surface area contributed by atoms with Crippen LogP contribution in [0.5, 0.6) is 0 Å². The zero-order valence-electron chi connectivity index (χ0n) is 7.00. The molecule has 2 N–H and O–H groups in total. The van der Waals surface area contributed by atoms with Crippen LogP contribution in [0.15, 0.2) is 0 Å². The van der Waals surface area contributed by atoms with Crippen molar-refractivity contribution in [3.05, 3.63) is 0 Å². The molecule has 0 aliphatic rings. The molecule has 0 saturated heterocycles. The van der Waals surface area contributed by atoms with E-state index in [0.717, 1.165) is 12.8 Å². The lowest BCUT2D eigenvalue weighted by molar-refractivity contribution is -0.0783. The maximum Gasteiger partial charge on any atom is 0.154 e. The van der Waals surface area contributed by atoms with Gasteiger partial charge in [0.15, 0.2) is 6.29 Å². The van der Waals surface area contributed by atoms with E-state index in [9.17, 15) is 0 Å². The highest BCUT2D eigenvalue weighted by atomic mass is 16.6. The number of aliphatic hydroxyl groups excluding tert-OH is 2. The molecule has 0 heterocycles. The average molecular weight is 150 g/mol. The van der Waals surface area contributed by atoms with Gasteiger partial charge in [-0.3, -0.25) is 0 Å². The molecule has 0 spiro atoms. The van der Waals surface area contributed by atoms with Gasteiger partial charge in [0.25, 0.3) is 0 Å². The molecule has 0 aromatic rings. The fourth-order valence-corrected chi connectivity index (χ4v) is 0.365. The van der Waals surface area contributed by atoms with Gasteiger partial charge < -0.3 is 14.9 Å². The Morgan fingerprint density at radius 2 is 1.80 bits per heavy atom. The van der Waals surface area contributed by atoms with Crippen LogP contribution in [0.1, 0.15) is 26.7 Å². The number of ether oxygens (including phenoxy) is 1. The zero-order chi connectivity index (χ0) is 8.41. The van der Waals surface area contributed by atoms with E-state index in [1.165, 1.54) is 7.11 Å². The topological polar surface area (TPSA) is 49.7 Å². The molecule has 10 heavy (non-hydrogen) atoms. The summed E-state index contributed by atoms with van der Waals surface area (Å²) in [7, 11) is 1.50. The van der Waals surface area contributed by atoms with Crippen LogP contribution in [0.25, 0.3) is 0 Å². The first-order valence-electron chi connectivity index (χ1n) is 3.54. The van der Waals surface area contributed by atoms with E-state index < -0.39 is 6.29 Å². The van der Waals surface area contributed by atoms with Crippen LogP contribution in [0.2, 0.25) is 0 Å². The Bertz CT molecular complexity index is 48.1. The van der Waals surface area contributed by atoms with Crippen LogP contribution < -0.4 is 0 Å². The van der Waals surface area contributed by atoms with Gasteiger partial charge in [-0.25, -0.2) is 0 Å². The quantitative estimate of drug-likeness (QED) is 0.584. The first kappa shape index (κ1) is 12.5. The molecule has 0 rings (SSSR count). The Balaban J connectivity index is 0. The minimum absolute atomic E-state index is 0.250. The van der Waals surface area contributed by atoms with Crippen molar-refractivity contribution in [2.24, 2.45) is 0 Å². The molecule has 0 bridgehead atoms. The van der Waals surface area contributed by atoms with E-state index in [1.54, 1.807) is 6.92 Å². The van der Waals surface area contributed by atoms with E-state index in [0.29, 0.717) is 0 Å². The summed E-state index contributed by atoms with van der Waals surface area (Å²) in [5.41, 5.74) is 0. The third-order valence-corrected chi connectivity index (χ3v) is 0.808. The fraction of sp³-hybridized carbons (Fsp3) is 1.00. The van der Waals surface area contributed by atoms with Gasteiger partial charge in [0.05, 0.1) is 0 Å². The molecule has 0 amide bonds. The molecule has 0 fully saturated rings. The van der Waals surface area contributed by atoms with Gasteiger partial charge in [0.2, 0.25) is 0 Å². The van der Waals surface area contributed by atoms with E-state index in [-0.39, 0.29) is 6.61 Å². The van der Waals surface area contributed by atoms with Crippen molar-refractivity contribution in [3.8, 4) is 0 Å². The maximum absolute atomic E-state index is 8.64. The maximum atomic E-state index is 8.64. The summed E-state index contributed by atoms with van der Waals surface area (Å²) < 4.78 is 4.55. The highest BCUT2D eigenvalue weighted by Gasteiger charge is 1.94. The minimum Gasteiger partial charge on any atom is -0.397 e. The Hall–Kier alpha value is -0.120. The number of methoxy groups -OCH3 is 1. The Labute approximate surface area is 62.6 Å². The molecule has 0 aliphatic carbocycles. The molecule has 3 heteroatoms. The number of rotatable bonds is 3. The van der Waals surface area contributed by atoms with Gasteiger partial charge in [-0.15, -0.1) is 0 Å². The summed E-state index contributed by atoms with van der Waals surface area (Å²) in [5, 5.41) is 16.2. The van der Waals surface area contributed by atoms with Crippen LogP contribution in [0.4, 0.5) is 0 Å². The van der Waals surface area contributed by atoms with Crippen molar-refractivity contribution >= 4 is 0 Å². The summed E-state index contributed by atoms with van der Waals surface area (Å²) in [6, 6.07) is 0. The zero-order valence-corrected chi connectivity index (χ0v) is 7.00. The molecule has 0 saturated carbocycles. The average Bonchev–Trinajstić information content (AvgIpc) is 1.90. The molecule has 0 aromatic heterocycles. The van der Waals surface area contributed by atoms with Gasteiger partial charge in [0.1, 0.15) is 0 Å². The van der Waals surface area contributed by atoms with Gasteiger partial charge in [-0.1, -0.05) is 13.3 Å². The molecule has 64 valence electrons. The van der Waals surface area contributed by atoms with Crippen molar-refractivity contribution in [1.82, 2.24) is 0 Å². The third kappa shape index (κ3) is 15.7. The fourth-order valence-electron chi connectivity index (χ4n) is 0.365. The summed E-state index contributed by atoms with van der Waals surface area (Å²) in [4.78, 5) is 0. The van der Waals surface area contributed by atoms with E-state index >= 15 is 0 Å². The van der Waals surface area contributed by atoms with E-state index in [2.05, 4.69) is 4.74 Å². The monoisotopic (exact) mass is 150 g/mol. The smallest absolute Gasteiger partial charge is 0.154 e. The second-order valence-corrected chi connectivity index (χ2v) is 1.80. The van der Waals surface area contributed by atoms with Crippen LogP contribution in [0.3, 0.4) is 0 Å². The number of aliphatic hydroxyl groups is 2. The summed E-state index contributed by atoms with van der Waals surface area (Å²) in [6.07, 6.45) is 1.15. The third-order valence-electron chi connectivity index (χ3n) is 0.808. The molecule has 0 aliphatic heterocycles. The lowest BCUT2D eigenvalue weighted by Crippen LogP contribution is -2.06. The molecule has 3 nitrogen and oxygen atoms in total. The molecular formula is C7H18O3. The number of hydrogen-bond donors (Lipinski definition) is 2. The van der Waals surface area contributed by atoms with Crippen LogP contribution in [0, 0.1) is 0 Å². The first-order valence-corrected chi connectivity index (χ1v) is 3.54. The van der Waals surface area contributed by atoms with Crippen molar-refractivity contribution < 1.29 is 14.9 Å². The predicted molar refractivity (Wildman–Crippen MR) is 40.7 cm³/mol. The van der Waals surface area contributed by atoms with Gasteiger partial charge >= 0.3 is 0 Å². The van der Waals surface area contributed by atoms with Crippen LogP contribution in [-0.2, 0) is 4.74 Å². The van der Waals surface area contributed by atoms with Crippen molar-refractivity contribution in [2.45, 2.75) is 33.0 Å². The minimum atomic E-state index is -0.551. The SMILES string of the molecule is CCCC(O)OC.CCO. The van der Waals surface area contributed by atoms with Gasteiger partial charge in [0, 0.05) is 13.7 Å². The second kappa shape index (κ2) is 11.6. The van der Waals surface area contributed by atoms with Crippen LogP contribution in [-0.4, -0.2) is 30.2 Å². The summed E-state index contributed by atoms with van der Waals surface area (Å²) in [5.74, 6) is 0. The van der Waals surface area contributed by atoms with Crippen LogP contribution >= 0.6 is 0 Å². The van der Waals surface area contributed by atoms with E-state index in [1.807, 2.05) is 6.92 Å². The van der Waals surface area contributed by atoms with E-state index in [4.69, 9.17) is 10.2 Å². The molecule has 0 aromatic carbocycles. The molecule has 0 radical (unpaired) electrons. The normalized spacial score (nSPS) is 11.7. The Morgan fingerprint density at radius 1 is 1.40 bits per heavy atom. The van der Waals surface area contributed by atoms with Crippen molar-refractivity contribution in [3.63, 3.8) is 0 Å². The lowest BCUT2D eigenvalue weighted by atomic mass is 10.3. The van der Waals surface area contributed by atoms with Crippen molar-refractivity contribution in [2.75, 3.05) is 13.7 Å². The predicted octanol–water partition coefficient (Wildman–Crippen LogP) is 0.750. The Morgan fingerprint density at radius 3 is 1.90 bits per heavy atom. The first-order chi connectivity index (χ1) is 4.72. The summed E-state index contributed by atoms with van der Waals surface area (Å²) in [6.45, 7) is 3.93. The standard InChI is InChI=1S/C5H12O2.C2H6O/c1-3-4-5(6)7-2;1-2-3/h5-6H,3-4H2,1-2H3;3H,2H2,1H3. The number of hydrogen-bond acceptors (Lipinski definition) is 3. The Kier molecular flexibility index (Phi) is 14.6. The second-order valence-electron chi connectivity index (χ2n) is 1.80. The van der Waals surface area contributed by atoms with Gasteiger partial charge in [-0.2, -0.15) is 0 Å². The van der Waals surface area contributed by atoms with Gasteiger partial charge in [-0.05, 0) is 13.3 Å².